The second-order valence-electron chi connectivity index (χ2n) is 5.31. The van der Waals surface area contributed by atoms with Crippen molar-refractivity contribution >= 4 is 38.6 Å². The Kier molecular flexibility index (Phi) is 4.67. The van der Waals surface area contributed by atoms with E-state index in [9.17, 15) is 9.90 Å². The minimum absolute atomic E-state index is 0.0264. The quantitative estimate of drug-likeness (QED) is 0.497. The summed E-state index contributed by atoms with van der Waals surface area (Å²) < 4.78 is 5.78. The van der Waals surface area contributed by atoms with Gasteiger partial charge in [0.2, 0.25) is 0 Å². The fourth-order valence-electron chi connectivity index (χ4n) is 2.46. The molecule has 0 saturated carbocycles. The molecule has 3 nitrogen and oxygen atoms in total. The molecule has 0 heterocycles. The zero-order valence-corrected chi connectivity index (χ0v) is 14.6. The highest BCUT2D eigenvalue weighted by Gasteiger charge is 2.07. The number of hydrogen-bond donors (Lipinski definition) is 1. The molecule has 0 unspecified atom stereocenters. The van der Waals surface area contributed by atoms with Crippen LogP contribution < -0.4 is 4.74 Å². The van der Waals surface area contributed by atoms with E-state index in [0.717, 1.165) is 15.2 Å². The van der Waals surface area contributed by atoms with Crippen molar-refractivity contribution in [3.8, 4) is 11.5 Å². The van der Waals surface area contributed by atoms with Crippen molar-refractivity contribution in [2.45, 2.75) is 0 Å². The lowest BCUT2D eigenvalue weighted by Gasteiger charge is -2.06. The number of benzene rings is 3. The minimum Gasteiger partial charge on any atom is -0.504 e. The second kappa shape index (κ2) is 6.89. The number of rotatable bonds is 4. The van der Waals surface area contributed by atoms with Gasteiger partial charge >= 0.3 is 0 Å². The molecule has 0 aromatic heterocycles. The highest BCUT2D eigenvalue weighted by Crippen LogP contribution is 2.33. The predicted molar refractivity (Wildman–Crippen MR) is 99.7 cm³/mol. The van der Waals surface area contributed by atoms with Gasteiger partial charge in [-0.25, -0.2) is 0 Å². The van der Waals surface area contributed by atoms with Gasteiger partial charge in [-0.1, -0.05) is 52.3 Å². The Morgan fingerprint density at radius 1 is 1.08 bits per heavy atom. The fraction of sp³-hybridized carbons (Fsp3) is 0.0500. The van der Waals surface area contributed by atoms with E-state index in [0.29, 0.717) is 16.9 Å². The van der Waals surface area contributed by atoms with E-state index in [1.807, 2.05) is 42.5 Å². The summed E-state index contributed by atoms with van der Waals surface area (Å²) in [4.78, 5) is 12.4. The molecule has 24 heavy (non-hydrogen) atoms. The molecule has 0 aliphatic carbocycles. The molecule has 1 N–H and O–H groups in total. The molecule has 0 amide bonds. The van der Waals surface area contributed by atoms with Crippen LogP contribution in [-0.2, 0) is 0 Å². The third-order valence-electron chi connectivity index (χ3n) is 3.75. The average molecular weight is 383 g/mol. The zero-order valence-electron chi connectivity index (χ0n) is 13.0. The van der Waals surface area contributed by atoms with Crippen LogP contribution in [0.4, 0.5) is 0 Å². The molecule has 3 rings (SSSR count). The SMILES string of the molecule is COc1cc(Br)c(/C=C/C(=O)c2ccc3ccccc3c2)cc1O. The number of hydrogen-bond acceptors (Lipinski definition) is 3. The maximum Gasteiger partial charge on any atom is 0.185 e. The first-order valence-electron chi connectivity index (χ1n) is 7.36. The maximum absolute atomic E-state index is 12.4. The Morgan fingerprint density at radius 3 is 2.58 bits per heavy atom. The molecule has 120 valence electrons. The molecule has 0 aliphatic heterocycles. The van der Waals surface area contributed by atoms with Crippen LogP contribution in [0.2, 0.25) is 0 Å². The van der Waals surface area contributed by atoms with Gasteiger partial charge in [-0.3, -0.25) is 4.79 Å². The molecule has 0 atom stereocenters. The summed E-state index contributed by atoms with van der Waals surface area (Å²) in [5.74, 6) is 0.307. The van der Waals surface area contributed by atoms with Crippen molar-refractivity contribution in [1.82, 2.24) is 0 Å². The third kappa shape index (κ3) is 3.34. The lowest BCUT2D eigenvalue weighted by molar-refractivity contribution is 0.104. The summed E-state index contributed by atoms with van der Waals surface area (Å²) in [7, 11) is 1.49. The van der Waals surface area contributed by atoms with Crippen LogP contribution in [0.15, 0.2) is 65.1 Å². The van der Waals surface area contributed by atoms with Crippen LogP contribution >= 0.6 is 15.9 Å². The van der Waals surface area contributed by atoms with Crippen molar-refractivity contribution in [3.05, 3.63) is 76.3 Å². The average Bonchev–Trinajstić information content (AvgIpc) is 2.61. The summed E-state index contributed by atoms with van der Waals surface area (Å²) in [6.07, 6.45) is 3.16. The Bertz CT molecular complexity index is 945. The van der Waals surface area contributed by atoms with Gasteiger partial charge in [0.05, 0.1) is 7.11 Å². The van der Waals surface area contributed by atoms with Gasteiger partial charge in [-0.15, -0.1) is 0 Å². The van der Waals surface area contributed by atoms with Crippen molar-refractivity contribution in [2.75, 3.05) is 7.11 Å². The number of carbonyl (C=O) groups is 1. The number of methoxy groups -OCH3 is 1. The molecule has 3 aromatic rings. The number of phenolic OH excluding ortho intramolecular Hbond substituents is 1. The van der Waals surface area contributed by atoms with Crippen LogP contribution in [0, 0.1) is 0 Å². The number of aromatic hydroxyl groups is 1. The standard InChI is InChI=1S/C20H15BrO3/c1-24-20-12-17(21)15(11-19(20)23)8-9-18(22)16-7-6-13-4-2-3-5-14(13)10-16/h2-12,23H,1H3/b9-8+. The smallest absolute Gasteiger partial charge is 0.185 e. The summed E-state index contributed by atoms with van der Waals surface area (Å²) in [6, 6.07) is 16.7. The van der Waals surface area contributed by atoms with Gasteiger partial charge in [-0.05, 0) is 46.7 Å². The summed E-state index contributed by atoms with van der Waals surface area (Å²) in [5, 5.41) is 12.0. The third-order valence-corrected chi connectivity index (χ3v) is 4.43. The molecule has 4 heteroatoms. The Balaban J connectivity index is 1.88. The van der Waals surface area contributed by atoms with Crippen LogP contribution in [0.3, 0.4) is 0 Å². The number of halogens is 1. The van der Waals surface area contributed by atoms with Crippen LogP contribution in [0.25, 0.3) is 16.8 Å². The van der Waals surface area contributed by atoms with Gasteiger partial charge in [-0.2, -0.15) is 0 Å². The van der Waals surface area contributed by atoms with Crippen LogP contribution in [-0.4, -0.2) is 18.0 Å². The van der Waals surface area contributed by atoms with Gasteiger partial charge in [0.25, 0.3) is 0 Å². The van der Waals surface area contributed by atoms with Crippen molar-refractivity contribution < 1.29 is 14.6 Å². The number of carbonyl (C=O) groups excluding carboxylic acids is 1. The molecule has 0 bridgehead atoms. The first-order valence-corrected chi connectivity index (χ1v) is 8.15. The van der Waals surface area contributed by atoms with Gasteiger partial charge < -0.3 is 9.84 Å². The van der Waals surface area contributed by atoms with Crippen molar-refractivity contribution in [2.24, 2.45) is 0 Å². The highest BCUT2D eigenvalue weighted by atomic mass is 79.9. The topological polar surface area (TPSA) is 46.5 Å². The van der Waals surface area contributed by atoms with E-state index in [2.05, 4.69) is 15.9 Å². The van der Waals surface area contributed by atoms with Crippen molar-refractivity contribution in [3.63, 3.8) is 0 Å². The van der Waals surface area contributed by atoms with Gasteiger partial charge in [0.1, 0.15) is 0 Å². The number of phenols is 1. The van der Waals surface area contributed by atoms with Crippen molar-refractivity contribution in [1.29, 1.82) is 0 Å². The molecule has 3 aromatic carbocycles. The van der Waals surface area contributed by atoms with E-state index in [-0.39, 0.29) is 11.5 Å². The van der Waals surface area contributed by atoms with Crippen LogP contribution in [0.1, 0.15) is 15.9 Å². The summed E-state index contributed by atoms with van der Waals surface area (Å²) in [5.41, 5.74) is 1.32. The normalized spacial score (nSPS) is 11.1. The largest absolute Gasteiger partial charge is 0.504 e. The van der Waals surface area contributed by atoms with Gasteiger partial charge in [0, 0.05) is 10.0 Å². The minimum atomic E-state index is -0.0945. The van der Waals surface area contributed by atoms with Gasteiger partial charge in [0.15, 0.2) is 17.3 Å². The Hall–Kier alpha value is -2.59. The summed E-state index contributed by atoms with van der Waals surface area (Å²) in [6.45, 7) is 0. The Morgan fingerprint density at radius 2 is 1.83 bits per heavy atom. The first-order chi connectivity index (χ1) is 11.6. The molecule has 0 radical (unpaired) electrons. The van der Waals surface area contributed by atoms with E-state index < -0.39 is 0 Å². The molecule has 0 fully saturated rings. The molecule has 0 aliphatic rings. The molecule has 0 saturated heterocycles. The van der Waals surface area contributed by atoms with E-state index in [1.54, 1.807) is 18.2 Å². The lowest BCUT2D eigenvalue weighted by atomic mass is 10.0. The second-order valence-corrected chi connectivity index (χ2v) is 6.16. The number of ether oxygens (including phenoxy) is 1. The zero-order chi connectivity index (χ0) is 17.1. The number of fused-ring (bicyclic) bond motifs is 1. The predicted octanol–water partition coefficient (Wildman–Crippen LogP) is 5.21. The number of ketones is 1. The van der Waals surface area contributed by atoms with Crippen LogP contribution in [0.5, 0.6) is 11.5 Å². The molecule has 0 spiro atoms. The number of allylic oxidation sites excluding steroid dienone is 1. The Labute approximate surface area is 148 Å². The molecular formula is C20H15BrO3. The highest BCUT2D eigenvalue weighted by molar-refractivity contribution is 9.10. The molecular weight excluding hydrogens is 368 g/mol. The maximum atomic E-state index is 12.4. The fourth-order valence-corrected chi connectivity index (χ4v) is 2.91. The van der Waals surface area contributed by atoms with E-state index in [1.165, 1.54) is 13.2 Å². The van der Waals surface area contributed by atoms with E-state index >= 15 is 0 Å². The monoisotopic (exact) mass is 382 g/mol. The lowest BCUT2D eigenvalue weighted by Crippen LogP contribution is -1.94. The first kappa shape index (κ1) is 16.3. The van der Waals surface area contributed by atoms with E-state index in [4.69, 9.17) is 4.74 Å². The summed E-state index contributed by atoms with van der Waals surface area (Å²) >= 11 is 3.41.